The third-order valence-corrected chi connectivity index (χ3v) is 2.20. The second-order valence-corrected chi connectivity index (χ2v) is 3.00. The molecule has 0 aromatic heterocycles. The maximum absolute atomic E-state index is 10.7. The Balaban J connectivity index is 2.44. The van der Waals surface area contributed by atoms with Crippen molar-refractivity contribution in [1.82, 2.24) is 0 Å². The molecule has 9 heavy (non-hydrogen) atoms. The second-order valence-electron chi connectivity index (χ2n) is 2.35. The molecule has 1 saturated heterocycles. The number of ether oxygens (including phenoxy) is 1. The molecule has 0 amide bonds. The highest BCUT2D eigenvalue weighted by atomic mass is 79.9. The van der Waals surface area contributed by atoms with Crippen molar-refractivity contribution >= 4 is 21.9 Å². The third-order valence-electron chi connectivity index (χ3n) is 1.47. The number of alkyl halides is 1. The fourth-order valence-electron chi connectivity index (χ4n) is 0.914. The Labute approximate surface area is 62.7 Å². The van der Waals surface area contributed by atoms with Crippen molar-refractivity contribution in [3.63, 3.8) is 0 Å². The predicted octanol–water partition coefficient (Wildman–Crippen LogP) is 1.33. The Morgan fingerprint density at radius 2 is 2.56 bits per heavy atom. The zero-order valence-electron chi connectivity index (χ0n) is 5.26. The lowest BCUT2D eigenvalue weighted by Gasteiger charge is -2.00. The van der Waals surface area contributed by atoms with Gasteiger partial charge in [0, 0.05) is 5.33 Å². The van der Waals surface area contributed by atoms with E-state index in [1.165, 1.54) is 0 Å². The molecular formula is C6H9BrO2. The summed E-state index contributed by atoms with van der Waals surface area (Å²) in [5, 5.41) is 0.767. The molecule has 0 aliphatic carbocycles. The SMILES string of the molecule is C[C@@H]1C[C@@H](CBr)OC1=O. The van der Waals surface area contributed by atoms with Gasteiger partial charge in [-0.1, -0.05) is 22.9 Å². The number of cyclic esters (lactones) is 1. The molecule has 0 spiro atoms. The van der Waals surface area contributed by atoms with Crippen molar-refractivity contribution in [3.05, 3.63) is 0 Å². The highest BCUT2D eigenvalue weighted by Crippen LogP contribution is 2.21. The van der Waals surface area contributed by atoms with Crippen LogP contribution in [0.4, 0.5) is 0 Å². The lowest BCUT2D eigenvalue weighted by molar-refractivity contribution is -0.143. The van der Waals surface area contributed by atoms with E-state index in [0.29, 0.717) is 0 Å². The molecule has 0 aromatic rings. The van der Waals surface area contributed by atoms with E-state index in [9.17, 15) is 4.79 Å². The molecule has 1 rings (SSSR count). The number of hydrogen-bond acceptors (Lipinski definition) is 2. The summed E-state index contributed by atoms with van der Waals surface area (Å²) in [7, 11) is 0. The predicted molar refractivity (Wildman–Crippen MR) is 37.5 cm³/mol. The second kappa shape index (κ2) is 2.69. The molecule has 0 unspecified atom stereocenters. The first-order valence-electron chi connectivity index (χ1n) is 3.00. The summed E-state index contributed by atoms with van der Waals surface area (Å²) in [6, 6.07) is 0. The van der Waals surface area contributed by atoms with Crippen LogP contribution in [0.1, 0.15) is 13.3 Å². The smallest absolute Gasteiger partial charge is 0.309 e. The van der Waals surface area contributed by atoms with Crippen LogP contribution in [0.5, 0.6) is 0 Å². The topological polar surface area (TPSA) is 26.3 Å². The van der Waals surface area contributed by atoms with Crippen LogP contribution in [-0.2, 0) is 9.53 Å². The summed E-state index contributed by atoms with van der Waals surface area (Å²) < 4.78 is 4.94. The van der Waals surface area contributed by atoms with E-state index in [-0.39, 0.29) is 18.0 Å². The van der Waals surface area contributed by atoms with Crippen LogP contribution >= 0.6 is 15.9 Å². The van der Waals surface area contributed by atoms with Crippen molar-refractivity contribution in [1.29, 1.82) is 0 Å². The molecule has 0 aromatic carbocycles. The van der Waals surface area contributed by atoms with E-state index < -0.39 is 0 Å². The van der Waals surface area contributed by atoms with E-state index in [4.69, 9.17) is 4.74 Å². The average Bonchev–Trinajstić information content (AvgIpc) is 2.13. The summed E-state index contributed by atoms with van der Waals surface area (Å²) >= 11 is 3.25. The van der Waals surface area contributed by atoms with Crippen LogP contribution in [0, 0.1) is 5.92 Å². The Kier molecular flexibility index (Phi) is 2.11. The third kappa shape index (κ3) is 1.45. The molecule has 0 saturated carbocycles. The number of rotatable bonds is 1. The van der Waals surface area contributed by atoms with Crippen molar-refractivity contribution in [2.75, 3.05) is 5.33 Å². The van der Waals surface area contributed by atoms with E-state index in [1.807, 2.05) is 6.92 Å². The van der Waals surface area contributed by atoms with Gasteiger partial charge in [-0.15, -0.1) is 0 Å². The monoisotopic (exact) mass is 192 g/mol. The first-order valence-corrected chi connectivity index (χ1v) is 4.12. The molecule has 1 aliphatic rings. The van der Waals surface area contributed by atoms with E-state index in [2.05, 4.69) is 15.9 Å². The molecule has 1 heterocycles. The molecule has 2 nitrogen and oxygen atoms in total. The van der Waals surface area contributed by atoms with Gasteiger partial charge >= 0.3 is 5.97 Å². The maximum atomic E-state index is 10.7. The first-order chi connectivity index (χ1) is 4.24. The standard InChI is InChI=1S/C6H9BrO2/c1-4-2-5(3-7)9-6(4)8/h4-5H,2-3H2,1H3/t4-,5+/m1/s1. The summed E-state index contributed by atoms with van der Waals surface area (Å²) in [5.41, 5.74) is 0. The van der Waals surface area contributed by atoms with Gasteiger partial charge in [0.25, 0.3) is 0 Å². The van der Waals surface area contributed by atoms with Crippen LogP contribution < -0.4 is 0 Å². The largest absolute Gasteiger partial charge is 0.461 e. The number of carbonyl (C=O) groups excluding carboxylic acids is 1. The Bertz CT molecular complexity index is 124. The van der Waals surface area contributed by atoms with Gasteiger partial charge in [0.1, 0.15) is 6.10 Å². The van der Waals surface area contributed by atoms with Gasteiger partial charge in [-0.05, 0) is 6.42 Å². The summed E-state index contributed by atoms with van der Waals surface area (Å²) in [5.74, 6) is 0.0481. The summed E-state index contributed by atoms with van der Waals surface area (Å²) in [6.45, 7) is 1.89. The van der Waals surface area contributed by atoms with Gasteiger partial charge in [-0.3, -0.25) is 4.79 Å². The molecule has 1 aliphatic heterocycles. The maximum Gasteiger partial charge on any atom is 0.309 e. The molecule has 0 bridgehead atoms. The van der Waals surface area contributed by atoms with E-state index >= 15 is 0 Å². The van der Waals surface area contributed by atoms with Crippen molar-refractivity contribution in [2.24, 2.45) is 5.92 Å². The molecule has 2 atom stereocenters. The number of carbonyl (C=O) groups is 1. The Hall–Kier alpha value is -0.0500. The minimum Gasteiger partial charge on any atom is -0.461 e. The lowest BCUT2D eigenvalue weighted by atomic mass is 10.1. The Morgan fingerprint density at radius 1 is 1.89 bits per heavy atom. The zero-order chi connectivity index (χ0) is 6.85. The van der Waals surface area contributed by atoms with Crippen LogP contribution in [0.15, 0.2) is 0 Å². The zero-order valence-corrected chi connectivity index (χ0v) is 6.85. The quantitative estimate of drug-likeness (QED) is 0.463. The molecule has 0 radical (unpaired) electrons. The minimum atomic E-state index is -0.0561. The first kappa shape index (κ1) is 7.06. The van der Waals surface area contributed by atoms with Crippen LogP contribution in [0.25, 0.3) is 0 Å². The van der Waals surface area contributed by atoms with Gasteiger partial charge in [0.2, 0.25) is 0 Å². The van der Waals surface area contributed by atoms with E-state index in [1.54, 1.807) is 0 Å². The van der Waals surface area contributed by atoms with Gasteiger partial charge in [-0.25, -0.2) is 0 Å². The molecule has 3 heteroatoms. The van der Waals surface area contributed by atoms with Gasteiger partial charge in [0.05, 0.1) is 5.92 Å². The number of esters is 1. The van der Waals surface area contributed by atoms with Crippen molar-refractivity contribution in [3.8, 4) is 0 Å². The molecule has 0 N–H and O–H groups in total. The average molecular weight is 193 g/mol. The number of halogens is 1. The van der Waals surface area contributed by atoms with Crippen molar-refractivity contribution < 1.29 is 9.53 Å². The molecular weight excluding hydrogens is 184 g/mol. The van der Waals surface area contributed by atoms with Gasteiger partial charge in [-0.2, -0.15) is 0 Å². The number of hydrogen-bond donors (Lipinski definition) is 0. The van der Waals surface area contributed by atoms with Crippen LogP contribution in [0.2, 0.25) is 0 Å². The normalized spacial score (nSPS) is 34.7. The minimum absolute atomic E-state index is 0.0561. The molecule has 52 valence electrons. The summed E-state index contributed by atoms with van der Waals surface area (Å²) in [6.07, 6.45) is 0.983. The highest BCUT2D eigenvalue weighted by molar-refractivity contribution is 9.09. The highest BCUT2D eigenvalue weighted by Gasteiger charge is 2.29. The van der Waals surface area contributed by atoms with E-state index in [0.717, 1.165) is 11.8 Å². The summed E-state index contributed by atoms with van der Waals surface area (Å²) in [4.78, 5) is 10.7. The molecule has 1 fully saturated rings. The fourth-order valence-corrected chi connectivity index (χ4v) is 1.31. The Morgan fingerprint density at radius 3 is 2.78 bits per heavy atom. The van der Waals surface area contributed by atoms with Gasteiger partial charge in [0.15, 0.2) is 0 Å². The lowest BCUT2D eigenvalue weighted by Crippen LogP contribution is -2.07. The van der Waals surface area contributed by atoms with Crippen LogP contribution in [0.3, 0.4) is 0 Å². The van der Waals surface area contributed by atoms with Crippen molar-refractivity contribution in [2.45, 2.75) is 19.4 Å². The van der Waals surface area contributed by atoms with Crippen LogP contribution in [-0.4, -0.2) is 17.4 Å². The van der Waals surface area contributed by atoms with Gasteiger partial charge < -0.3 is 4.74 Å². The fraction of sp³-hybridized carbons (Fsp3) is 0.833.